The molecule has 23 heavy (non-hydrogen) atoms. The third-order valence-electron chi connectivity index (χ3n) is 3.72. The Morgan fingerprint density at radius 3 is 2.43 bits per heavy atom. The van der Waals surface area contributed by atoms with Crippen molar-refractivity contribution in [3.8, 4) is 0 Å². The molecule has 0 radical (unpaired) electrons. The number of hydrogen-bond acceptors (Lipinski definition) is 3. The van der Waals surface area contributed by atoms with E-state index in [0.717, 1.165) is 16.8 Å². The van der Waals surface area contributed by atoms with Crippen molar-refractivity contribution >= 4 is 23.5 Å². The number of likely N-dealkylation sites (N-methyl/N-ethyl adjacent to an activating group) is 1. The Bertz CT molecular complexity index is 584. The fourth-order valence-corrected chi connectivity index (χ4v) is 2.12. The van der Waals surface area contributed by atoms with E-state index in [2.05, 4.69) is 5.32 Å². The van der Waals surface area contributed by atoms with Crippen LogP contribution in [0.25, 0.3) is 0 Å². The molecule has 0 aliphatic heterocycles. The Hall–Kier alpha value is -2.37. The first-order valence-corrected chi connectivity index (χ1v) is 7.63. The van der Waals surface area contributed by atoms with Gasteiger partial charge in [-0.3, -0.25) is 14.4 Å². The van der Waals surface area contributed by atoms with Crippen LogP contribution >= 0.6 is 0 Å². The Kier molecular flexibility index (Phi) is 7.25. The molecule has 0 saturated carbocycles. The van der Waals surface area contributed by atoms with E-state index in [0.29, 0.717) is 12.8 Å². The van der Waals surface area contributed by atoms with Crippen LogP contribution in [0.4, 0.5) is 5.69 Å². The second kappa shape index (κ2) is 8.92. The normalized spacial score (nSPS) is 10.2. The summed E-state index contributed by atoms with van der Waals surface area (Å²) in [5.41, 5.74) is 2.84. The lowest BCUT2D eigenvalue weighted by molar-refractivity contribution is -0.137. The number of carbonyl (C=O) groups excluding carboxylic acids is 2. The highest BCUT2D eigenvalue weighted by Gasteiger charge is 2.14. The monoisotopic (exact) mass is 320 g/mol. The van der Waals surface area contributed by atoms with Crippen molar-refractivity contribution in [2.45, 2.75) is 39.5 Å². The fourth-order valence-electron chi connectivity index (χ4n) is 2.12. The molecule has 0 aliphatic rings. The van der Waals surface area contributed by atoms with Crippen LogP contribution in [0.15, 0.2) is 18.2 Å². The largest absolute Gasteiger partial charge is 0.481 e. The molecule has 0 unspecified atom stereocenters. The quantitative estimate of drug-likeness (QED) is 0.720. The number of aryl methyl sites for hydroxylation is 1. The topological polar surface area (TPSA) is 86.7 Å². The minimum Gasteiger partial charge on any atom is -0.481 e. The molecule has 0 saturated heterocycles. The van der Waals surface area contributed by atoms with Crippen molar-refractivity contribution in [1.29, 1.82) is 0 Å². The van der Waals surface area contributed by atoms with Crippen molar-refractivity contribution in [2.75, 3.05) is 18.9 Å². The summed E-state index contributed by atoms with van der Waals surface area (Å²) in [4.78, 5) is 35.7. The number of carbonyl (C=O) groups is 3. The van der Waals surface area contributed by atoms with Gasteiger partial charge in [-0.1, -0.05) is 12.1 Å². The Morgan fingerprint density at radius 1 is 1.13 bits per heavy atom. The third-order valence-corrected chi connectivity index (χ3v) is 3.72. The average Bonchev–Trinajstić information content (AvgIpc) is 2.47. The highest BCUT2D eigenvalue weighted by atomic mass is 16.4. The number of nitrogens with one attached hydrogen (secondary N) is 1. The van der Waals surface area contributed by atoms with Crippen molar-refractivity contribution in [2.24, 2.45) is 0 Å². The molecule has 0 spiro atoms. The molecular weight excluding hydrogens is 296 g/mol. The van der Waals surface area contributed by atoms with E-state index in [1.165, 1.54) is 4.90 Å². The number of anilines is 1. The first-order valence-electron chi connectivity index (χ1n) is 7.63. The van der Waals surface area contributed by atoms with Crippen LogP contribution < -0.4 is 5.32 Å². The molecule has 0 fully saturated rings. The van der Waals surface area contributed by atoms with Crippen LogP contribution in [-0.2, 0) is 14.4 Å². The van der Waals surface area contributed by atoms with Crippen LogP contribution in [0.5, 0.6) is 0 Å². The molecule has 2 amide bonds. The van der Waals surface area contributed by atoms with Gasteiger partial charge in [-0.2, -0.15) is 0 Å². The van der Waals surface area contributed by atoms with Gasteiger partial charge in [0.15, 0.2) is 0 Å². The smallest absolute Gasteiger partial charge is 0.303 e. The maximum absolute atomic E-state index is 12.0. The molecule has 0 heterocycles. The summed E-state index contributed by atoms with van der Waals surface area (Å²) >= 11 is 0. The standard InChI is InChI=1S/C17H24N2O4/c1-12-7-6-8-14(13(12)2)18-15(20)11-19(3)16(21)9-4-5-10-17(22)23/h6-8H,4-5,9-11H2,1-3H3,(H,18,20)(H,22,23). The van der Waals surface area contributed by atoms with E-state index in [1.54, 1.807) is 7.05 Å². The number of hydrogen-bond donors (Lipinski definition) is 2. The summed E-state index contributed by atoms with van der Waals surface area (Å²) in [5.74, 6) is -1.27. The molecule has 0 atom stereocenters. The molecule has 6 nitrogen and oxygen atoms in total. The molecule has 2 N–H and O–H groups in total. The Morgan fingerprint density at radius 2 is 1.78 bits per heavy atom. The van der Waals surface area contributed by atoms with Crippen LogP contribution in [0.2, 0.25) is 0 Å². The zero-order valence-corrected chi connectivity index (χ0v) is 13.9. The SMILES string of the molecule is Cc1cccc(NC(=O)CN(C)C(=O)CCCCC(=O)O)c1C. The van der Waals surface area contributed by atoms with Crippen molar-refractivity contribution in [1.82, 2.24) is 4.90 Å². The summed E-state index contributed by atoms with van der Waals surface area (Å²) in [5, 5.41) is 11.3. The van der Waals surface area contributed by atoms with E-state index in [4.69, 9.17) is 5.11 Å². The zero-order chi connectivity index (χ0) is 17.4. The van der Waals surface area contributed by atoms with Gasteiger partial charge < -0.3 is 15.3 Å². The molecule has 1 rings (SSSR count). The van der Waals surface area contributed by atoms with Gasteiger partial charge in [0.1, 0.15) is 0 Å². The molecule has 0 aromatic heterocycles. The summed E-state index contributed by atoms with van der Waals surface area (Å²) in [6.45, 7) is 3.88. The van der Waals surface area contributed by atoms with Gasteiger partial charge in [-0.05, 0) is 43.9 Å². The summed E-state index contributed by atoms with van der Waals surface area (Å²) in [7, 11) is 1.57. The van der Waals surface area contributed by atoms with E-state index in [9.17, 15) is 14.4 Å². The molecule has 0 bridgehead atoms. The van der Waals surface area contributed by atoms with E-state index < -0.39 is 5.97 Å². The van der Waals surface area contributed by atoms with Gasteiger partial charge in [0.05, 0.1) is 6.54 Å². The molecule has 1 aromatic rings. The zero-order valence-electron chi connectivity index (χ0n) is 13.9. The van der Waals surface area contributed by atoms with Gasteiger partial charge in [0, 0.05) is 25.6 Å². The van der Waals surface area contributed by atoms with Crippen LogP contribution in [0.1, 0.15) is 36.8 Å². The molecule has 126 valence electrons. The van der Waals surface area contributed by atoms with Crippen LogP contribution in [0.3, 0.4) is 0 Å². The third kappa shape index (κ3) is 6.50. The average molecular weight is 320 g/mol. The number of carboxylic acids is 1. The van der Waals surface area contributed by atoms with Gasteiger partial charge in [-0.25, -0.2) is 0 Å². The highest BCUT2D eigenvalue weighted by Crippen LogP contribution is 2.17. The number of rotatable bonds is 8. The highest BCUT2D eigenvalue weighted by molar-refractivity contribution is 5.95. The van der Waals surface area contributed by atoms with Crippen LogP contribution in [0, 0.1) is 13.8 Å². The molecule has 0 aliphatic carbocycles. The second-order valence-corrected chi connectivity index (χ2v) is 5.65. The lowest BCUT2D eigenvalue weighted by Gasteiger charge is -2.17. The van der Waals surface area contributed by atoms with E-state index in [1.807, 2.05) is 32.0 Å². The predicted octanol–water partition coefficient (Wildman–Crippen LogP) is 2.35. The maximum atomic E-state index is 12.0. The Balaban J connectivity index is 2.42. The fraction of sp³-hybridized carbons (Fsp3) is 0.471. The lowest BCUT2D eigenvalue weighted by Crippen LogP contribution is -2.34. The minimum atomic E-state index is -0.862. The van der Waals surface area contributed by atoms with Gasteiger partial charge in [0.25, 0.3) is 0 Å². The number of nitrogens with zero attached hydrogens (tertiary/aromatic N) is 1. The predicted molar refractivity (Wildman–Crippen MR) is 88.3 cm³/mol. The van der Waals surface area contributed by atoms with Crippen molar-refractivity contribution in [3.05, 3.63) is 29.3 Å². The summed E-state index contributed by atoms with van der Waals surface area (Å²) in [6, 6.07) is 5.67. The number of unbranched alkanes of at least 4 members (excludes halogenated alkanes) is 1. The first kappa shape index (κ1) is 18.7. The van der Waals surface area contributed by atoms with Crippen LogP contribution in [-0.4, -0.2) is 41.4 Å². The summed E-state index contributed by atoms with van der Waals surface area (Å²) < 4.78 is 0. The van der Waals surface area contributed by atoms with E-state index >= 15 is 0 Å². The van der Waals surface area contributed by atoms with Crippen molar-refractivity contribution in [3.63, 3.8) is 0 Å². The van der Waals surface area contributed by atoms with E-state index in [-0.39, 0.29) is 31.2 Å². The number of benzene rings is 1. The van der Waals surface area contributed by atoms with Gasteiger partial charge >= 0.3 is 5.97 Å². The maximum Gasteiger partial charge on any atom is 0.303 e. The number of aliphatic carboxylic acids is 1. The summed E-state index contributed by atoms with van der Waals surface area (Å²) in [6.07, 6.45) is 1.28. The first-order chi connectivity index (χ1) is 10.8. The van der Waals surface area contributed by atoms with Gasteiger partial charge in [0.2, 0.25) is 11.8 Å². The molecular formula is C17H24N2O4. The Labute approximate surface area is 136 Å². The van der Waals surface area contributed by atoms with Gasteiger partial charge in [-0.15, -0.1) is 0 Å². The number of carboxylic acid groups (broad SMARTS) is 1. The van der Waals surface area contributed by atoms with Crippen molar-refractivity contribution < 1.29 is 19.5 Å². The lowest BCUT2D eigenvalue weighted by atomic mass is 10.1. The second-order valence-electron chi connectivity index (χ2n) is 5.65. The molecule has 6 heteroatoms. The number of amides is 2. The molecule has 1 aromatic carbocycles. The minimum absolute atomic E-state index is 0.0227.